The van der Waals surface area contributed by atoms with E-state index in [0.29, 0.717) is 11.3 Å². The van der Waals surface area contributed by atoms with E-state index in [1.165, 1.54) is 7.11 Å². The minimum Gasteiger partial charge on any atom is -0.496 e. The Balaban J connectivity index is 3.03. The zero-order chi connectivity index (χ0) is 13.9. The summed E-state index contributed by atoms with van der Waals surface area (Å²) in [4.78, 5) is 23.9. The van der Waals surface area contributed by atoms with Crippen molar-refractivity contribution < 1.29 is 14.3 Å². The van der Waals surface area contributed by atoms with E-state index in [2.05, 4.69) is 5.32 Å². The molecule has 0 unspecified atom stereocenters. The molecule has 0 aromatic heterocycles. The van der Waals surface area contributed by atoms with E-state index < -0.39 is 17.2 Å². The Morgan fingerprint density at radius 2 is 1.83 bits per heavy atom. The Kier molecular flexibility index (Phi) is 4.11. The molecule has 0 aliphatic carbocycles. The molecule has 1 amide bonds. The van der Waals surface area contributed by atoms with Crippen LogP contribution in [0.2, 0.25) is 0 Å². The molecular weight excluding hydrogens is 230 g/mol. The van der Waals surface area contributed by atoms with Crippen molar-refractivity contribution in [2.45, 2.75) is 33.2 Å². The van der Waals surface area contributed by atoms with Gasteiger partial charge >= 0.3 is 0 Å². The lowest BCUT2D eigenvalue weighted by molar-refractivity contribution is -0.118. The maximum Gasteiger partial charge on any atom is 0.292 e. The third-order valence-electron chi connectivity index (χ3n) is 2.29. The molecule has 0 fully saturated rings. The minimum absolute atomic E-state index is 0.291. The molecule has 18 heavy (non-hydrogen) atoms. The van der Waals surface area contributed by atoms with E-state index in [-0.39, 0.29) is 0 Å². The molecule has 0 atom stereocenters. The van der Waals surface area contributed by atoms with Crippen LogP contribution >= 0.6 is 0 Å². The molecule has 1 rings (SSSR count). The Labute approximate surface area is 107 Å². The van der Waals surface area contributed by atoms with Crippen molar-refractivity contribution in [1.29, 1.82) is 0 Å². The Morgan fingerprint density at radius 1 is 1.22 bits per heavy atom. The smallest absolute Gasteiger partial charge is 0.292 e. The molecule has 0 heterocycles. The zero-order valence-corrected chi connectivity index (χ0v) is 11.5. The van der Waals surface area contributed by atoms with Crippen LogP contribution in [0.3, 0.4) is 0 Å². The van der Waals surface area contributed by atoms with Crippen LogP contribution in [0, 0.1) is 6.92 Å². The number of hydrogen-bond donors (Lipinski definition) is 1. The quantitative estimate of drug-likeness (QED) is 0.659. The molecule has 0 saturated carbocycles. The second kappa shape index (κ2) is 5.21. The van der Waals surface area contributed by atoms with Crippen molar-refractivity contribution in [3.63, 3.8) is 0 Å². The first kappa shape index (κ1) is 14.2. The number of carbonyl (C=O) groups is 2. The van der Waals surface area contributed by atoms with Gasteiger partial charge in [0, 0.05) is 5.54 Å². The number of ether oxygens (including phenoxy) is 1. The van der Waals surface area contributed by atoms with Crippen LogP contribution in [0.4, 0.5) is 0 Å². The van der Waals surface area contributed by atoms with Gasteiger partial charge in [-0.3, -0.25) is 9.59 Å². The predicted octanol–water partition coefficient (Wildman–Crippen LogP) is 2.10. The van der Waals surface area contributed by atoms with Crippen molar-refractivity contribution in [3.05, 3.63) is 29.3 Å². The molecule has 0 saturated heterocycles. The molecule has 1 aromatic rings. The van der Waals surface area contributed by atoms with Crippen LogP contribution in [-0.2, 0) is 4.79 Å². The van der Waals surface area contributed by atoms with Gasteiger partial charge in [0.05, 0.1) is 12.7 Å². The number of amides is 1. The molecule has 98 valence electrons. The van der Waals surface area contributed by atoms with Gasteiger partial charge in [-0.05, 0) is 39.8 Å². The number of benzene rings is 1. The fourth-order valence-electron chi connectivity index (χ4n) is 1.52. The summed E-state index contributed by atoms with van der Waals surface area (Å²) in [6, 6.07) is 5.17. The summed E-state index contributed by atoms with van der Waals surface area (Å²) in [5.41, 5.74) is 0.756. The molecule has 1 N–H and O–H groups in total. The largest absolute Gasteiger partial charge is 0.496 e. The van der Waals surface area contributed by atoms with E-state index in [1.54, 1.807) is 12.1 Å². The molecule has 0 aliphatic heterocycles. The first-order valence-electron chi connectivity index (χ1n) is 5.76. The molecule has 0 bridgehead atoms. The predicted molar refractivity (Wildman–Crippen MR) is 70.0 cm³/mol. The summed E-state index contributed by atoms with van der Waals surface area (Å²) in [5.74, 6) is -0.786. The van der Waals surface area contributed by atoms with Gasteiger partial charge in [-0.1, -0.05) is 11.6 Å². The number of Topliss-reactive ketones (excluding diaryl/α,β-unsaturated/α-hetero) is 1. The van der Waals surface area contributed by atoms with E-state index in [4.69, 9.17) is 4.74 Å². The number of nitrogens with one attached hydrogen (secondary N) is 1. The van der Waals surface area contributed by atoms with Crippen LogP contribution in [0.15, 0.2) is 18.2 Å². The van der Waals surface area contributed by atoms with E-state index >= 15 is 0 Å². The Hall–Kier alpha value is -1.84. The highest BCUT2D eigenvalue weighted by Crippen LogP contribution is 2.20. The van der Waals surface area contributed by atoms with E-state index in [0.717, 1.165) is 5.56 Å². The first-order chi connectivity index (χ1) is 8.24. The maximum absolute atomic E-state index is 12.1. The number of methoxy groups -OCH3 is 1. The standard InChI is InChI=1S/C14H19NO3/c1-9-6-7-11(18-5)10(8-9)12(16)13(17)15-14(2,3)4/h6-8H,1-5H3,(H,15,17). The lowest BCUT2D eigenvalue weighted by Gasteiger charge is -2.20. The maximum atomic E-state index is 12.1. The molecule has 1 aromatic carbocycles. The van der Waals surface area contributed by atoms with Crippen LogP contribution < -0.4 is 10.1 Å². The number of aryl methyl sites for hydroxylation is 1. The third kappa shape index (κ3) is 3.58. The monoisotopic (exact) mass is 249 g/mol. The summed E-state index contributed by atoms with van der Waals surface area (Å²) in [6.45, 7) is 7.33. The zero-order valence-electron chi connectivity index (χ0n) is 11.5. The molecular formula is C14H19NO3. The number of carbonyl (C=O) groups excluding carboxylic acids is 2. The summed E-state index contributed by atoms with van der Waals surface area (Å²) in [5, 5.41) is 2.64. The fraction of sp³-hybridized carbons (Fsp3) is 0.429. The summed E-state index contributed by atoms with van der Waals surface area (Å²) >= 11 is 0. The van der Waals surface area contributed by atoms with Gasteiger partial charge in [-0.15, -0.1) is 0 Å². The lowest BCUT2D eigenvalue weighted by atomic mass is 10.0. The summed E-state index contributed by atoms with van der Waals surface area (Å²) in [6.07, 6.45) is 0. The normalized spacial score (nSPS) is 10.9. The minimum atomic E-state index is -0.619. The third-order valence-corrected chi connectivity index (χ3v) is 2.29. The average molecular weight is 249 g/mol. The average Bonchev–Trinajstić information content (AvgIpc) is 2.25. The lowest BCUT2D eigenvalue weighted by Crippen LogP contribution is -2.44. The van der Waals surface area contributed by atoms with Crippen molar-refractivity contribution >= 4 is 11.7 Å². The Bertz CT molecular complexity index is 472. The highest BCUT2D eigenvalue weighted by molar-refractivity contribution is 6.43. The highest BCUT2D eigenvalue weighted by atomic mass is 16.5. The SMILES string of the molecule is COc1ccc(C)cc1C(=O)C(=O)NC(C)(C)C. The molecule has 4 heteroatoms. The number of rotatable bonds is 3. The van der Waals surface area contributed by atoms with E-state index in [9.17, 15) is 9.59 Å². The molecule has 0 radical (unpaired) electrons. The fourth-order valence-corrected chi connectivity index (χ4v) is 1.52. The second-order valence-electron chi connectivity index (χ2n) is 5.24. The van der Waals surface area contributed by atoms with Gasteiger partial charge in [-0.25, -0.2) is 0 Å². The summed E-state index contributed by atoms with van der Waals surface area (Å²) in [7, 11) is 1.48. The van der Waals surface area contributed by atoms with Gasteiger partial charge in [0.1, 0.15) is 5.75 Å². The molecule has 0 spiro atoms. The second-order valence-corrected chi connectivity index (χ2v) is 5.24. The van der Waals surface area contributed by atoms with Gasteiger partial charge in [0.15, 0.2) is 0 Å². The molecule has 0 aliphatic rings. The molecule has 4 nitrogen and oxygen atoms in total. The van der Waals surface area contributed by atoms with Crippen LogP contribution in [0.1, 0.15) is 36.7 Å². The highest BCUT2D eigenvalue weighted by Gasteiger charge is 2.24. The van der Waals surface area contributed by atoms with Crippen molar-refractivity contribution in [2.24, 2.45) is 0 Å². The van der Waals surface area contributed by atoms with Crippen LogP contribution in [-0.4, -0.2) is 24.3 Å². The number of ketones is 1. The van der Waals surface area contributed by atoms with Crippen molar-refractivity contribution in [3.8, 4) is 5.75 Å². The van der Waals surface area contributed by atoms with Gasteiger partial charge in [0.2, 0.25) is 0 Å². The van der Waals surface area contributed by atoms with Crippen molar-refractivity contribution in [2.75, 3.05) is 7.11 Å². The first-order valence-corrected chi connectivity index (χ1v) is 5.76. The van der Waals surface area contributed by atoms with Crippen LogP contribution in [0.25, 0.3) is 0 Å². The van der Waals surface area contributed by atoms with Crippen LogP contribution in [0.5, 0.6) is 5.75 Å². The number of hydrogen-bond acceptors (Lipinski definition) is 3. The van der Waals surface area contributed by atoms with Crippen molar-refractivity contribution in [1.82, 2.24) is 5.32 Å². The summed E-state index contributed by atoms with van der Waals surface area (Å²) < 4.78 is 5.10. The topological polar surface area (TPSA) is 55.4 Å². The van der Waals surface area contributed by atoms with Gasteiger partial charge in [-0.2, -0.15) is 0 Å². The Morgan fingerprint density at radius 3 is 2.33 bits per heavy atom. The van der Waals surface area contributed by atoms with Gasteiger partial charge in [0.25, 0.3) is 11.7 Å². The van der Waals surface area contributed by atoms with E-state index in [1.807, 2.05) is 33.8 Å². The van der Waals surface area contributed by atoms with Gasteiger partial charge < -0.3 is 10.1 Å².